The zero-order valence-corrected chi connectivity index (χ0v) is 13.6. The van der Waals surface area contributed by atoms with Crippen LogP contribution in [0, 0.1) is 0 Å². The zero-order chi connectivity index (χ0) is 15.9. The lowest BCUT2D eigenvalue weighted by Crippen LogP contribution is -2.34. The minimum atomic E-state index is -0.383. The quantitative estimate of drug-likeness (QED) is 0.820. The van der Waals surface area contributed by atoms with Crippen LogP contribution in [0.3, 0.4) is 0 Å². The number of carbonyl (C=O) groups is 1. The van der Waals surface area contributed by atoms with E-state index in [-0.39, 0.29) is 11.9 Å². The first-order valence-corrected chi connectivity index (χ1v) is 7.74. The molecule has 0 fully saturated rings. The summed E-state index contributed by atoms with van der Waals surface area (Å²) in [6.45, 7) is 1.94. The fraction of sp³-hybridized carbons (Fsp3) is 0.333. The van der Waals surface area contributed by atoms with E-state index in [0.717, 1.165) is 5.69 Å². The number of hydrogen-bond acceptors (Lipinski definition) is 6. The van der Waals surface area contributed by atoms with Gasteiger partial charge in [-0.25, -0.2) is 4.98 Å². The number of nitrogens with zero attached hydrogens (tertiary/aromatic N) is 1. The van der Waals surface area contributed by atoms with Crippen LogP contribution in [0.1, 0.15) is 13.3 Å². The Morgan fingerprint density at radius 2 is 2.18 bits per heavy atom. The lowest BCUT2D eigenvalue weighted by Gasteiger charge is -2.19. The van der Waals surface area contributed by atoms with Gasteiger partial charge in [0.25, 0.3) is 0 Å². The van der Waals surface area contributed by atoms with Gasteiger partial charge in [-0.1, -0.05) is 6.92 Å². The fourth-order valence-corrected chi connectivity index (χ4v) is 2.47. The van der Waals surface area contributed by atoms with Gasteiger partial charge >= 0.3 is 0 Å². The molecule has 2 rings (SSSR count). The summed E-state index contributed by atoms with van der Waals surface area (Å²) < 4.78 is 10.5. The van der Waals surface area contributed by atoms with Gasteiger partial charge in [-0.3, -0.25) is 4.79 Å². The van der Waals surface area contributed by atoms with E-state index in [9.17, 15) is 4.79 Å². The van der Waals surface area contributed by atoms with Gasteiger partial charge in [0.2, 0.25) is 5.91 Å². The topological polar surface area (TPSA) is 72.5 Å². The molecule has 7 heteroatoms. The molecule has 0 spiro atoms. The van der Waals surface area contributed by atoms with E-state index in [2.05, 4.69) is 15.6 Å². The number of carbonyl (C=O) groups excluding carboxylic acids is 1. The van der Waals surface area contributed by atoms with Crippen molar-refractivity contribution in [3.05, 3.63) is 29.8 Å². The zero-order valence-electron chi connectivity index (χ0n) is 12.8. The highest BCUT2D eigenvalue weighted by Gasteiger charge is 2.19. The number of benzene rings is 1. The molecule has 0 aliphatic heterocycles. The van der Waals surface area contributed by atoms with Crippen molar-refractivity contribution in [1.29, 1.82) is 0 Å². The van der Waals surface area contributed by atoms with E-state index in [1.165, 1.54) is 11.3 Å². The maximum Gasteiger partial charge on any atom is 0.248 e. The Balaban J connectivity index is 2.10. The van der Waals surface area contributed by atoms with Crippen LogP contribution in [0.2, 0.25) is 0 Å². The first-order valence-electron chi connectivity index (χ1n) is 6.86. The van der Waals surface area contributed by atoms with Gasteiger partial charge in [0.15, 0.2) is 5.13 Å². The minimum Gasteiger partial charge on any atom is -0.497 e. The van der Waals surface area contributed by atoms with Gasteiger partial charge in [-0.15, -0.1) is 11.3 Å². The van der Waals surface area contributed by atoms with Gasteiger partial charge in [0.1, 0.15) is 17.5 Å². The summed E-state index contributed by atoms with van der Waals surface area (Å²) in [4.78, 5) is 16.4. The molecule has 2 N–H and O–H groups in total. The molecule has 0 aliphatic carbocycles. The summed E-state index contributed by atoms with van der Waals surface area (Å²) in [6.07, 6.45) is 2.29. The second-order valence-electron chi connectivity index (χ2n) is 4.50. The smallest absolute Gasteiger partial charge is 0.248 e. The van der Waals surface area contributed by atoms with Crippen LogP contribution < -0.4 is 20.1 Å². The molecule has 6 nitrogen and oxygen atoms in total. The molecule has 118 valence electrons. The monoisotopic (exact) mass is 321 g/mol. The van der Waals surface area contributed by atoms with Crippen molar-refractivity contribution in [3.8, 4) is 11.5 Å². The largest absolute Gasteiger partial charge is 0.497 e. The third-order valence-electron chi connectivity index (χ3n) is 3.13. The van der Waals surface area contributed by atoms with E-state index >= 15 is 0 Å². The molecule has 1 atom stereocenters. The molecule has 1 aromatic heterocycles. The minimum absolute atomic E-state index is 0.129. The SMILES string of the molecule is CC[C@@H](Nc1ccc(OC)cc1OC)C(=O)Nc1nccs1. The molecule has 0 saturated heterocycles. The van der Waals surface area contributed by atoms with Crippen molar-refractivity contribution in [2.24, 2.45) is 0 Å². The summed E-state index contributed by atoms with van der Waals surface area (Å²) in [6, 6.07) is 5.03. The Hall–Kier alpha value is -2.28. The van der Waals surface area contributed by atoms with E-state index in [1.54, 1.807) is 26.5 Å². The number of ether oxygens (including phenoxy) is 2. The number of methoxy groups -OCH3 is 2. The second-order valence-corrected chi connectivity index (χ2v) is 5.39. The summed E-state index contributed by atoms with van der Waals surface area (Å²) in [5.41, 5.74) is 0.740. The summed E-state index contributed by atoms with van der Waals surface area (Å²) in [5, 5.41) is 8.40. The summed E-state index contributed by atoms with van der Waals surface area (Å²) in [7, 11) is 3.18. The summed E-state index contributed by atoms with van der Waals surface area (Å²) >= 11 is 1.39. The Morgan fingerprint density at radius 3 is 2.77 bits per heavy atom. The van der Waals surface area contributed by atoms with Crippen molar-refractivity contribution in [3.63, 3.8) is 0 Å². The van der Waals surface area contributed by atoms with E-state index in [0.29, 0.717) is 23.1 Å². The maximum absolute atomic E-state index is 12.3. The van der Waals surface area contributed by atoms with Crippen LogP contribution >= 0.6 is 11.3 Å². The van der Waals surface area contributed by atoms with Crippen LogP contribution in [-0.2, 0) is 4.79 Å². The molecular formula is C15H19N3O3S. The summed E-state index contributed by atoms with van der Waals surface area (Å²) in [5.74, 6) is 1.19. The number of thiazole rings is 1. The predicted molar refractivity (Wildman–Crippen MR) is 88.0 cm³/mol. The van der Waals surface area contributed by atoms with Crippen molar-refractivity contribution in [2.45, 2.75) is 19.4 Å². The number of hydrogen-bond donors (Lipinski definition) is 2. The van der Waals surface area contributed by atoms with Crippen molar-refractivity contribution in [2.75, 3.05) is 24.9 Å². The molecule has 0 aliphatic rings. The molecular weight excluding hydrogens is 302 g/mol. The number of nitrogens with one attached hydrogen (secondary N) is 2. The lowest BCUT2D eigenvalue weighted by atomic mass is 10.2. The number of anilines is 2. The van der Waals surface area contributed by atoms with Gasteiger partial charge in [-0.2, -0.15) is 0 Å². The average molecular weight is 321 g/mol. The standard InChI is InChI=1S/C15H19N3O3S/c1-4-11(14(19)18-15-16-7-8-22-15)17-12-6-5-10(20-2)9-13(12)21-3/h5-9,11,17H,4H2,1-3H3,(H,16,18,19)/t11-/m1/s1. The van der Waals surface area contributed by atoms with Crippen LogP contribution in [0.4, 0.5) is 10.8 Å². The molecule has 0 radical (unpaired) electrons. The van der Waals surface area contributed by atoms with Gasteiger partial charge in [-0.05, 0) is 18.6 Å². The third-order valence-corrected chi connectivity index (χ3v) is 3.81. The fourth-order valence-electron chi connectivity index (χ4n) is 1.94. The molecule has 2 aromatic rings. The molecule has 0 unspecified atom stereocenters. The van der Waals surface area contributed by atoms with Crippen molar-refractivity contribution < 1.29 is 14.3 Å². The van der Waals surface area contributed by atoms with E-state index < -0.39 is 0 Å². The number of amides is 1. The normalized spacial score (nSPS) is 11.6. The lowest BCUT2D eigenvalue weighted by molar-refractivity contribution is -0.116. The van der Waals surface area contributed by atoms with Crippen LogP contribution in [0.5, 0.6) is 11.5 Å². The highest BCUT2D eigenvalue weighted by Crippen LogP contribution is 2.30. The third kappa shape index (κ3) is 3.88. The van der Waals surface area contributed by atoms with Gasteiger partial charge in [0.05, 0.1) is 19.9 Å². The highest BCUT2D eigenvalue weighted by atomic mass is 32.1. The molecule has 1 aromatic carbocycles. The van der Waals surface area contributed by atoms with Crippen molar-refractivity contribution in [1.82, 2.24) is 4.98 Å². The number of aromatic nitrogens is 1. The molecule has 22 heavy (non-hydrogen) atoms. The van der Waals surface area contributed by atoms with E-state index in [4.69, 9.17) is 9.47 Å². The Labute approximate surface area is 133 Å². The molecule has 1 heterocycles. The second kappa shape index (κ2) is 7.65. The Kier molecular flexibility index (Phi) is 5.60. The molecule has 0 bridgehead atoms. The first-order chi connectivity index (χ1) is 10.7. The van der Waals surface area contributed by atoms with Crippen LogP contribution in [0.15, 0.2) is 29.8 Å². The van der Waals surface area contributed by atoms with Crippen LogP contribution in [-0.4, -0.2) is 31.2 Å². The van der Waals surface area contributed by atoms with Gasteiger partial charge in [0, 0.05) is 17.6 Å². The van der Waals surface area contributed by atoms with Gasteiger partial charge < -0.3 is 20.1 Å². The van der Waals surface area contributed by atoms with Crippen LogP contribution in [0.25, 0.3) is 0 Å². The first kappa shape index (κ1) is 16.1. The molecule has 1 amide bonds. The Bertz CT molecular complexity index is 617. The maximum atomic E-state index is 12.3. The van der Waals surface area contributed by atoms with Crippen molar-refractivity contribution >= 4 is 28.1 Å². The number of rotatable bonds is 7. The van der Waals surface area contributed by atoms with E-state index in [1.807, 2.05) is 24.4 Å². The average Bonchev–Trinajstić information content (AvgIpc) is 3.05. The highest BCUT2D eigenvalue weighted by molar-refractivity contribution is 7.13. The predicted octanol–water partition coefficient (Wildman–Crippen LogP) is 2.99. The Morgan fingerprint density at radius 1 is 1.36 bits per heavy atom. The molecule has 0 saturated carbocycles.